The van der Waals surface area contributed by atoms with E-state index in [0.717, 1.165) is 9.37 Å². The van der Waals surface area contributed by atoms with Gasteiger partial charge in [0.2, 0.25) is 0 Å². The lowest BCUT2D eigenvalue weighted by atomic mass is 10.0. The van der Waals surface area contributed by atoms with Gasteiger partial charge in [-0.1, -0.05) is 22.0 Å². The smallest absolute Gasteiger partial charge is 0.278 e. The van der Waals surface area contributed by atoms with Crippen molar-refractivity contribution < 1.29 is 18.9 Å². The van der Waals surface area contributed by atoms with Gasteiger partial charge < -0.3 is 9.73 Å². The zero-order chi connectivity index (χ0) is 21.3. The van der Waals surface area contributed by atoms with E-state index in [-0.39, 0.29) is 23.5 Å². The van der Waals surface area contributed by atoms with Crippen LogP contribution in [0, 0.1) is 10.1 Å². The van der Waals surface area contributed by atoms with Gasteiger partial charge in [-0.05, 0) is 48.0 Å². The van der Waals surface area contributed by atoms with E-state index >= 15 is 0 Å². The van der Waals surface area contributed by atoms with E-state index < -0.39 is 16.7 Å². The Morgan fingerprint density at radius 3 is 2.43 bits per heavy atom. The van der Waals surface area contributed by atoms with Crippen molar-refractivity contribution in [3.8, 4) is 0 Å². The summed E-state index contributed by atoms with van der Waals surface area (Å²) in [6.07, 6.45) is 1.46. The van der Waals surface area contributed by atoms with E-state index in [1.54, 1.807) is 30.3 Å². The number of nitrogens with zero attached hydrogens (tertiary/aromatic N) is 2. The van der Waals surface area contributed by atoms with E-state index in [1.807, 2.05) is 6.07 Å². The quantitative estimate of drug-likeness (QED) is 0.328. The maximum Gasteiger partial charge on any atom is 0.278 e. The Balaban J connectivity index is 1.76. The summed E-state index contributed by atoms with van der Waals surface area (Å²) in [7, 11) is 0. The summed E-state index contributed by atoms with van der Waals surface area (Å²) in [5.74, 6) is -0.559. The van der Waals surface area contributed by atoms with Crippen LogP contribution in [-0.2, 0) is 16.1 Å². The highest BCUT2D eigenvalue weighted by Crippen LogP contribution is 2.32. The number of anilines is 1. The number of imide groups is 1. The standard InChI is InChI=1S/C21H14BrN3O5/c22-14-3-1-4-15(11-14)23-19-18(13-6-8-16(9-7-13)25(28)29)20(26)24(21(19)27)12-17-5-2-10-30-17/h1-11,23H,12H2. The fraction of sp³-hybridized carbons (Fsp3) is 0.0476. The van der Waals surface area contributed by atoms with Crippen LogP contribution in [0.1, 0.15) is 11.3 Å². The molecule has 1 aliphatic rings. The fourth-order valence-corrected chi connectivity index (χ4v) is 3.52. The second-order valence-corrected chi connectivity index (χ2v) is 7.38. The Hall–Kier alpha value is -3.72. The Morgan fingerprint density at radius 1 is 1.03 bits per heavy atom. The van der Waals surface area contributed by atoms with E-state index in [2.05, 4.69) is 21.2 Å². The van der Waals surface area contributed by atoms with Crippen molar-refractivity contribution in [2.75, 3.05) is 5.32 Å². The molecule has 0 unspecified atom stereocenters. The highest BCUT2D eigenvalue weighted by atomic mass is 79.9. The molecule has 0 bridgehead atoms. The molecule has 150 valence electrons. The van der Waals surface area contributed by atoms with E-state index in [9.17, 15) is 19.7 Å². The second-order valence-electron chi connectivity index (χ2n) is 6.47. The molecule has 4 rings (SSSR count). The summed E-state index contributed by atoms with van der Waals surface area (Å²) < 4.78 is 6.08. The lowest BCUT2D eigenvalue weighted by Crippen LogP contribution is -2.31. The van der Waals surface area contributed by atoms with Crippen LogP contribution in [0.2, 0.25) is 0 Å². The molecule has 9 heteroatoms. The molecular formula is C21H14BrN3O5. The number of hydrogen-bond acceptors (Lipinski definition) is 6. The number of hydrogen-bond donors (Lipinski definition) is 1. The molecule has 2 heterocycles. The molecule has 0 aliphatic carbocycles. The van der Waals surface area contributed by atoms with Gasteiger partial charge >= 0.3 is 0 Å². The van der Waals surface area contributed by atoms with Crippen molar-refractivity contribution in [2.24, 2.45) is 0 Å². The lowest BCUT2D eigenvalue weighted by molar-refractivity contribution is -0.384. The third-order valence-electron chi connectivity index (χ3n) is 4.52. The third kappa shape index (κ3) is 3.74. The normalized spacial score (nSPS) is 13.8. The molecule has 1 N–H and O–H groups in total. The first-order valence-electron chi connectivity index (χ1n) is 8.84. The van der Waals surface area contributed by atoms with Crippen molar-refractivity contribution in [1.29, 1.82) is 0 Å². The molecule has 0 saturated heterocycles. The number of nitrogens with one attached hydrogen (secondary N) is 1. The fourth-order valence-electron chi connectivity index (χ4n) is 3.12. The number of nitro groups is 1. The first-order chi connectivity index (χ1) is 14.4. The molecule has 1 aromatic heterocycles. The van der Waals surface area contributed by atoms with Crippen molar-refractivity contribution in [3.05, 3.63) is 98.5 Å². The van der Waals surface area contributed by atoms with E-state index in [1.165, 1.54) is 30.5 Å². The molecule has 1 aliphatic heterocycles. The number of carbonyl (C=O) groups is 2. The average Bonchev–Trinajstić information content (AvgIpc) is 3.31. The summed E-state index contributed by atoms with van der Waals surface area (Å²) in [6, 6.07) is 16.0. The zero-order valence-corrected chi connectivity index (χ0v) is 17.0. The average molecular weight is 468 g/mol. The summed E-state index contributed by atoms with van der Waals surface area (Å²) in [4.78, 5) is 37.8. The number of non-ortho nitro benzene ring substituents is 1. The Kier molecular flexibility index (Phi) is 5.20. The highest BCUT2D eigenvalue weighted by molar-refractivity contribution is 9.10. The number of carbonyl (C=O) groups excluding carboxylic acids is 2. The monoisotopic (exact) mass is 467 g/mol. The van der Waals surface area contributed by atoms with Gasteiger partial charge in [0.15, 0.2) is 0 Å². The molecule has 0 fully saturated rings. The molecule has 3 aromatic rings. The van der Waals surface area contributed by atoms with Gasteiger partial charge in [0.1, 0.15) is 11.5 Å². The third-order valence-corrected chi connectivity index (χ3v) is 5.02. The molecule has 2 amide bonds. The van der Waals surface area contributed by atoms with Gasteiger partial charge in [-0.3, -0.25) is 24.6 Å². The minimum Gasteiger partial charge on any atom is -0.467 e. The predicted molar refractivity (Wildman–Crippen MR) is 112 cm³/mol. The Morgan fingerprint density at radius 2 is 1.80 bits per heavy atom. The van der Waals surface area contributed by atoms with Crippen molar-refractivity contribution in [3.63, 3.8) is 0 Å². The van der Waals surface area contributed by atoms with Crippen LogP contribution in [0.25, 0.3) is 5.57 Å². The molecule has 0 radical (unpaired) electrons. The molecule has 8 nitrogen and oxygen atoms in total. The predicted octanol–water partition coefficient (Wildman–Crippen LogP) is 4.34. The molecule has 0 saturated carbocycles. The summed E-state index contributed by atoms with van der Waals surface area (Å²) >= 11 is 3.38. The highest BCUT2D eigenvalue weighted by Gasteiger charge is 2.39. The Labute approximate surface area is 179 Å². The van der Waals surface area contributed by atoms with Crippen LogP contribution in [0.4, 0.5) is 11.4 Å². The second kappa shape index (κ2) is 7.96. The van der Waals surface area contributed by atoms with Crippen molar-refractivity contribution in [1.82, 2.24) is 4.90 Å². The number of amides is 2. The van der Waals surface area contributed by atoms with Gasteiger partial charge in [-0.2, -0.15) is 0 Å². The van der Waals surface area contributed by atoms with Crippen LogP contribution >= 0.6 is 15.9 Å². The first-order valence-corrected chi connectivity index (χ1v) is 9.63. The van der Waals surface area contributed by atoms with Crippen molar-refractivity contribution >= 4 is 44.7 Å². The SMILES string of the molecule is O=C1C(Nc2cccc(Br)c2)=C(c2ccc([N+](=O)[O-])cc2)C(=O)N1Cc1ccco1. The van der Waals surface area contributed by atoms with E-state index in [4.69, 9.17) is 4.42 Å². The lowest BCUT2D eigenvalue weighted by Gasteiger charge is -2.13. The largest absolute Gasteiger partial charge is 0.467 e. The van der Waals surface area contributed by atoms with E-state index in [0.29, 0.717) is 17.0 Å². The van der Waals surface area contributed by atoms with Gasteiger partial charge in [0.05, 0.1) is 23.3 Å². The van der Waals surface area contributed by atoms with Crippen molar-refractivity contribution in [2.45, 2.75) is 6.54 Å². The van der Waals surface area contributed by atoms with Crippen LogP contribution in [0.3, 0.4) is 0 Å². The van der Waals surface area contributed by atoms with Crippen LogP contribution in [0.15, 0.2) is 81.5 Å². The zero-order valence-electron chi connectivity index (χ0n) is 15.4. The Bertz CT molecular complexity index is 1170. The van der Waals surface area contributed by atoms with Crippen LogP contribution in [0.5, 0.6) is 0 Å². The summed E-state index contributed by atoms with van der Waals surface area (Å²) in [5.41, 5.74) is 1.14. The van der Waals surface area contributed by atoms with Crippen LogP contribution < -0.4 is 5.32 Å². The molecule has 30 heavy (non-hydrogen) atoms. The first kappa shape index (κ1) is 19.6. The topological polar surface area (TPSA) is 106 Å². The van der Waals surface area contributed by atoms with Gasteiger partial charge in [0.25, 0.3) is 17.5 Å². The van der Waals surface area contributed by atoms with Gasteiger partial charge in [0, 0.05) is 22.3 Å². The number of furan rings is 1. The van der Waals surface area contributed by atoms with Gasteiger partial charge in [-0.15, -0.1) is 0 Å². The summed E-state index contributed by atoms with van der Waals surface area (Å²) in [6.45, 7) is -0.0230. The van der Waals surface area contributed by atoms with Crippen LogP contribution in [-0.4, -0.2) is 21.6 Å². The summed E-state index contributed by atoms with van der Waals surface area (Å²) in [5, 5.41) is 14.0. The number of nitro benzene ring substituents is 1. The molecule has 0 atom stereocenters. The maximum atomic E-state index is 13.2. The number of halogens is 1. The van der Waals surface area contributed by atoms with Gasteiger partial charge in [-0.25, -0.2) is 0 Å². The molecule has 2 aromatic carbocycles. The molecule has 0 spiro atoms. The number of rotatable bonds is 6. The number of benzene rings is 2. The minimum atomic E-state index is -0.524. The maximum absolute atomic E-state index is 13.2. The minimum absolute atomic E-state index is 0.0230. The molecular weight excluding hydrogens is 454 g/mol.